The molecule has 1 unspecified atom stereocenters. The number of hydrogen-bond acceptors (Lipinski definition) is 7. The predicted molar refractivity (Wildman–Crippen MR) is 112 cm³/mol. The topological polar surface area (TPSA) is 77.1 Å². The van der Waals surface area contributed by atoms with Gasteiger partial charge in [0.15, 0.2) is 5.13 Å². The molecule has 0 radical (unpaired) electrons. The molecule has 1 fully saturated rings. The Balaban J connectivity index is 1.34. The van der Waals surface area contributed by atoms with E-state index in [1.54, 1.807) is 11.3 Å². The average Bonchev–Trinajstić information content (AvgIpc) is 3.54. The summed E-state index contributed by atoms with van der Waals surface area (Å²) in [4.78, 5) is 20.4. The summed E-state index contributed by atoms with van der Waals surface area (Å²) >= 11 is 3.03. The van der Waals surface area contributed by atoms with Crippen LogP contribution in [0.2, 0.25) is 0 Å². The van der Waals surface area contributed by atoms with E-state index in [4.69, 9.17) is 4.42 Å². The Hall–Kier alpha value is -2.78. The van der Waals surface area contributed by atoms with Gasteiger partial charge < -0.3 is 13.9 Å². The number of hydrogen-bond donors (Lipinski definition) is 0. The van der Waals surface area contributed by atoms with E-state index >= 15 is 0 Å². The van der Waals surface area contributed by atoms with Gasteiger partial charge in [0.1, 0.15) is 4.88 Å². The third-order valence-electron chi connectivity index (χ3n) is 5.07. The summed E-state index contributed by atoms with van der Waals surface area (Å²) in [5.41, 5.74) is 1.71. The quantitative estimate of drug-likeness (QED) is 0.485. The molecule has 4 aromatic heterocycles. The minimum Gasteiger partial charge on any atom is -0.420 e. The second kappa shape index (κ2) is 7.57. The van der Waals surface area contributed by atoms with Crippen LogP contribution in [0.4, 0.5) is 0 Å². The molecule has 0 spiro atoms. The molecule has 1 aliphatic heterocycles. The van der Waals surface area contributed by atoms with Crippen LogP contribution in [0, 0.1) is 6.92 Å². The Kier molecular flexibility index (Phi) is 4.76. The normalized spacial score (nSPS) is 17.0. The van der Waals surface area contributed by atoms with Gasteiger partial charge in [-0.3, -0.25) is 4.79 Å². The van der Waals surface area contributed by atoms with Crippen molar-refractivity contribution in [2.75, 3.05) is 13.1 Å². The van der Waals surface area contributed by atoms with Gasteiger partial charge in [0, 0.05) is 36.4 Å². The van der Waals surface area contributed by atoms with Crippen molar-refractivity contribution in [2.24, 2.45) is 0 Å². The molecule has 29 heavy (non-hydrogen) atoms. The van der Waals surface area contributed by atoms with Gasteiger partial charge in [-0.2, -0.15) is 11.3 Å². The first kappa shape index (κ1) is 18.3. The van der Waals surface area contributed by atoms with Crippen molar-refractivity contribution < 1.29 is 9.21 Å². The fourth-order valence-corrected chi connectivity index (χ4v) is 5.19. The van der Waals surface area contributed by atoms with Gasteiger partial charge in [0.2, 0.25) is 11.8 Å². The second-order valence-corrected chi connectivity index (χ2v) is 8.81. The SMILES string of the molecule is Cc1nc(-n2cccc2)sc1C(=O)N1CCCC(c2nnc(-c3ccsc3)o2)C1. The van der Waals surface area contributed by atoms with E-state index in [0.29, 0.717) is 23.2 Å². The summed E-state index contributed by atoms with van der Waals surface area (Å²) in [5, 5.41) is 13.2. The first-order valence-corrected chi connectivity index (χ1v) is 11.2. The molecule has 0 N–H and O–H groups in total. The molecule has 1 aliphatic rings. The van der Waals surface area contributed by atoms with E-state index < -0.39 is 0 Å². The number of thiazole rings is 1. The smallest absolute Gasteiger partial charge is 0.265 e. The molecule has 0 aromatic carbocycles. The molecule has 0 aliphatic carbocycles. The number of carbonyl (C=O) groups excluding carboxylic acids is 1. The standard InChI is InChI=1S/C20H19N5O2S2/c1-13-16(29-20(21-13)24-7-2-3-8-24)19(26)25-9-4-5-14(11-25)17-22-23-18(27-17)15-6-10-28-12-15/h2-3,6-8,10,12,14H,4-5,9,11H2,1H3. The first-order valence-electron chi connectivity index (χ1n) is 9.45. The van der Waals surface area contributed by atoms with Crippen molar-refractivity contribution in [3.8, 4) is 16.6 Å². The Morgan fingerprint density at radius 1 is 1.28 bits per heavy atom. The van der Waals surface area contributed by atoms with Crippen LogP contribution in [-0.2, 0) is 0 Å². The molecule has 0 bridgehead atoms. The molecule has 7 nitrogen and oxygen atoms in total. The molecule has 1 amide bonds. The highest BCUT2D eigenvalue weighted by atomic mass is 32.1. The number of carbonyl (C=O) groups is 1. The minimum absolute atomic E-state index is 0.0284. The van der Waals surface area contributed by atoms with Gasteiger partial charge in [-0.15, -0.1) is 10.2 Å². The minimum atomic E-state index is 0.0284. The van der Waals surface area contributed by atoms with Crippen molar-refractivity contribution in [1.82, 2.24) is 24.6 Å². The highest BCUT2D eigenvalue weighted by Gasteiger charge is 2.31. The largest absolute Gasteiger partial charge is 0.420 e. The molecule has 4 aromatic rings. The van der Waals surface area contributed by atoms with Crippen molar-refractivity contribution in [1.29, 1.82) is 0 Å². The third kappa shape index (κ3) is 3.51. The maximum Gasteiger partial charge on any atom is 0.265 e. The number of likely N-dealkylation sites (tertiary alicyclic amines) is 1. The van der Waals surface area contributed by atoms with Gasteiger partial charge in [0.05, 0.1) is 11.6 Å². The lowest BCUT2D eigenvalue weighted by atomic mass is 9.98. The zero-order valence-corrected chi connectivity index (χ0v) is 17.4. The zero-order valence-electron chi connectivity index (χ0n) is 15.8. The summed E-state index contributed by atoms with van der Waals surface area (Å²) in [7, 11) is 0. The summed E-state index contributed by atoms with van der Waals surface area (Å²) < 4.78 is 7.84. The van der Waals surface area contributed by atoms with Gasteiger partial charge in [0.25, 0.3) is 5.91 Å². The summed E-state index contributed by atoms with van der Waals surface area (Å²) in [6.07, 6.45) is 5.72. The lowest BCUT2D eigenvalue weighted by molar-refractivity contribution is 0.0702. The Bertz CT molecular complexity index is 1110. The molecular formula is C20H19N5O2S2. The number of rotatable bonds is 4. The lowest BCUT2D eigenvalue weighted by Crippen LogP contribution is -2.39. The number of amides is 1. The second-order valence-electron chi connectivity index (χ2n) is 7.05. The maximum absolute atomic E-state index is 13.2. The van der Waals surface area contributed by atoms with Crippen LogP contribution in [0.5, 0.6) is 0 Å². The van der Waals surface area contributed by atoms with E-state index in [1.807, 2.05) is 57.7 Å². The third-order valence-corrected chi connectivity index (χ3v) is 6.91. The summed E-state index contributed by atoms with van der Waals surface area (Å²) in [5.74, 6) is 1.24. The molecule has 0 saturated carbocycles. The molecule has 5 heterocycles. The molecule has 9 heteroatoms. The molecule has 1 saturated heterocycles. The van der Waals surface area contributed by atoms with E-state index in [9.17, 15) is 4.79 Å². The van der Waals surface area contributed by atoms with Crippen LogP contribution in [-0.4, -0.2) is 43.6 Å². The first-order chi connectivity index (χ1) is 14.2. The molecular weight excluding hydrogens is 406 g/mol. The number of aromatic nitrogens is 4. The number of aryl methyl sites for hydroxylation is 1. The van der Waals surface area contributed by atoms with Crippen molar-refractivity contribution in [2.45, 2.75) is 25.7 Å². The number of thiophene rings is 1. The van der Waals surface area contributed by atoms with Crippen LogP contribution < -0.4 is 0 Å². The van der Waals surface area contributed by atoms with E-state index in [2.05, 4.69) is 15.2 Å². The van der Waals surface area contributed by atoms with Crippen LogP contribution in [0.3, 0.4) is 0 Å². The Morgan fingerprint density at radius 3 is 2.93 bits per heavy atom. The van der Waals surface area contributed by atoms with Gasteiger partial charge in [-0.1, -0.05) is 11.3 Å². The number of nitrogens with zero attached hydrogens (tertiary/aromatic N) is 5. The fourth-order valence-electron chi connectivity index (χ4n) is 3.56. The van der Waals surface area contributed by atoms with Gasteiger partial charge in [-0.25, -0.2) is 4.98 Å². The van der Waals surface area contributed by atoms with Gasteiger partial charge >= 0.3 is 0 Å². The zero-order chi connectivity index (χ0) is 19.8. The van der Waals surface area contributed by atoms with Crippen LogP contribution >= 0.6 is 22.7 Å². The average molecular weight is 426 g/mol. The Morgan fingerprint density at radius 2 is 2.14 bits per heavy atom. The fraction of sp³-hybridized carbons (Fsp3) is 0.300. The van der Waals surface area contributed by atoms with Gasteiger partial charge in [-0.05, 0) is 43.3 Å². The van der Waals surface area contributed by atoms with E-state index in [1.165, 1.54) is 11.3 Å². The predicted octanol–water partition coefficient (Wildman–Crippen LogP) is 4.37. The monoisotopic (exact) mass is 425 g/mol. The molecule has 148 valence electrons. The number of piperidine rings is 1. The van der Waals surface area contributed by atoms with Crippen molar-refractivity contribution >= 4 is 28.6 Å². The van der Waals surface area contributed by atoms with Crippen LogP contribution in [0.1, 0.15) is 40.0 Å². The van der Waals surface area contributed by atoms with E-state index in [0.717, 1.165) is 35.8 Å². The Labute approximate surface area is 175 Å². The van der Waals surface area contributed by atoms with Crippen molar-refractivity contribution in [3.05, 3.63) is 57.8 Å². The van der Waals surface area contributed by atoms with Crippen LogP contribution in [0.15, 0.2) is 45.8 Å². The highest BCUT2D eigenvalue weighted by Crippen LogP contribution is 2.31. The summed E-state index contributed by atoms with van der Waals surface area (Å²) in [6, 6.07) is 5.86. The lowest BCUT2D eigenvalue weighted by Gasteiger charge is -2.30. The molecule has 5 rings (SSSR count). The van der Waals surface area contributed by atoms with Crippen molar-refractivity contribution in [3.63, 3.8) is 0 Å². The summed E-state index contributed by atoms with van der Waals surface area (Å²) in [6.45, 7) is 3.21. The highest BCUT2D eigenvalue weighted by molar-refractivity contribution is 7.16. The maximum atomic E-state index is 13.2. The van der Waals surface area contributed by atoms with Crippen LogP contribution in [0.25, 0.3) is 16.6 Å². The van der Waals surface area contributed by atoms with E-state index in [-0.39, 0.29) is 11.8 Å². The molecule has 1 atom stereocenters.